The zero-order chi connectivity index (χ0) is 8.69. The Morgan fingerprint density at radius 3 is 2.73 bits per heavy atom. The van der Waals surface area contributed by atoms with Crippen molar-refractivity contribution in [2.24, 2.45) is 0 Å². The quantitative estimate of drug-likeness (QED) is 0.672. The van der Waals surface area contributed by atoms with Gasteiger partial charge in [-0.1, -0.05) is 6.92 Å². The van der Waals surface area contributed by atoms with Crippen LogP contribution >= 0.6 is 11.8 Å². The standard InChI is InChI=1S/C7H16N2OS/c1-6(11-3)4-5-9-7(10)8-2/h6H,4-5H2,1-3H3,(H2,8,9,10). The van der Waals surface area contributed by atoms with Gasteiger partial charge in [-0.3, -0.25) is 0 Å². The molecule has 0 rings (SSSR count). The highest BCUT2D eigenvalue weighted by Crippen LogP contribution is 2.07. The van der Waals surface area contributed by atoms with Crippen molar-refractivity contribution >= 4 is 17.8 Å². The van der Waals surface area contributed by atoms with Gasteiger partial charge in [0, 0.05) is 18.8 Å². The van der Waals surface area contributed by atoms with Crippen molar-refractivity contribution in [3.63, 3.8) is 0 Å². The molecule has 0 spiro atoms. The van der Waals surface area contributed by atoms with Crippen LogP contribution in [0.2, 0.25) is 0 Å². The van der Waals surface area contributed by atoms with Gasteiger partial charge >= 0.3 is 6.03 Å². The molecule has 0 bridgehead atoms. The third-order valence-electron chi connectivity index (χ3n) is 1.47. The number of thioether (sulfide) groups is 1. The Labute approximate surface area is 72.3 Å². The average Bonchev–Trinajstić information content (AvgIpc) is 2.04. The number of carbonyl (C=O) groups excluding carboxylic acids is 1. The molecule has 4 heteroatoms. The molecular formula is C7H16N2OS. The largest absolute Gasteiger partial charge is 0.341 e. The molecule has 0 aliphatic heterocycles. The molecule has 1 atom stereocenters. The first kappa shape index (κ1) is 10.6. The van der Waals surface area contributed by atoms with Crippen LogP contribution in [0.15, 0.2) is 0 Å². The number of nitrogens with one attached hydrogen (secondary N) is 2. The van der Waals surface area contributed by atoms with Crippen molar-refractivity contribution < 1.29 is 4.79 Å². The van der Waals surface area contributed by atoms with Gasteiger partial charge in [0.15, 0.2) is 0 Å². The first-order chi connectivity index (χ1) is 5.20. The maximum absolute atomic E-state index is 10.7. The lowest BCUT2D eigenvalue weighted by atomic mass is 10.3. The summed E-state index contributed by atoms with van der Waals surface area (Å²) in [7, 11) is 1.62. The maximum atomic E-state index is 10.7. The molecule has 0 fully saturated rings. The Kier molecular flexibility index (Phi) is 6.12. The second-order valence-corrected chi connectivity index (χ2v) is 3.62. The van der Waals surface area contributed by atoms with E-state index in [4.69, 9.17) is 0 Å². The van der Waals surface area contributed by atoms with Crippen LogP contribution < -0.4 is 10.6 Å². The summed E-state index contributed by atoms with van der Waals surface area (Å²) in [4.78, 5) is 10.7. The molecule has 0 saturated heterocycles. The van der Waals surface area contributed by atoms with Crippen LogP contribution in [0.1, 0.15) is 13.3 Å². The lowest BCUT2D eigenvalue weighted by Gasteiger charge is -2.08. The fourth-order valence-electron chi connectivity index (χ4n) is 0.595. The van der Waals surface area contributed by atoms with Gasteiger partial charge < -0.3 is 10.6 Å². The minimum atomic E-state index is -0.0988. The molecule has 0 aromatic heterocycles. The third kappa shape index (κ3) is 6.04. The van der Waals surface area contributed by atoms with Gasteiger partial charge in [0.25, 0.3) is 0 Å². The summed E-state index contributed by atoms with van der Waals surface area (Å²) < 4.78 is 0. The number of rotatable bonds is 4. The summed E-state index contributed by atoms with van der Waals surface area (Å²) in [6.07, 6.45) is 3.10. The van der Waals surface area contributed by atoms with E-state index in [1.807, 2.05) is 11.8 Å². The summed E-state index contributed by atoms with van der Waals surface area (Å²) in [5.74, 6) is 0. The maximum Gasteiger partial charge on any atom is 0.314 e. The summed E-state index contributed by atoms with van der Waals surface area (Å²) in [5.41, 5.74) is 0. The van der Waals surface area contributed by atoms with E-state index in [0.29, 0.717) is 5.25 Å². The number of urea groups is 1. The molecular weight excluding hydrogens is 160 g/mol. The van der Waals surface area contributed by atoms with Gasteiger partial charge in [0.05, 0.1) is 0 Å². The van der Waals surface area contributed by atoms with Crippen molar-refractivity contribution in [1.29, 1.82) is 0 Å². The Morgan fingerprint density at radius 2 is 2.27 bits per heavy atom. The molecule has 2 N–H and O–H groups in total. The van der Waals surface area contributed by atoms with E-state index in [1.54, 1.807) is 7.05 Å². The second-order valence-electron chi connectivity index (χ2n) is 2.34. The van der Waals surface area contributed by atoms with Crippen LogP contribution in [0.25, 0.3) is 0 Å². The van der Waals surface area contributed by atoms with Crippen molar-refractivity contribution in [2.75, 3.05) is 19.8 Å². The summed E-state index contributed by atoms with van der Waals surface area (Å²) in [6.45, 7) is 2.90. The predicted molar refractivity (Wildman–Crippen MR) is 50.1 cm³/mol. The Hall–Kier alpha value is -0.380. The summed E-state index contributed by atoms with van der Waals surface area (Å²) >= 11 is 1.81. The van der Waals surface area contributed by atoms with Gasteiger partial charge in [-0.05, 0) is 12.7 Å². The molecule has 0 aliphatic rings. The lowest BCUT2D eigenvalue weighted by Crippen LogP contribution is -2.34. The minimum Gasteiger partial charge on any atom is -0.341 e. The smallest absolute Gasteiger partial charge is 0.314 e. The van der Waals surface area contributed by atoms with Gasteiger partial charge in [-0.15, -0.1) is 0 Å². The molecule has 0 saturated carbocycles. The van der Waals surface area contributed by atoms with Gasteiger partial charge in [-0.25, -0.2) is 4.79 Å². The highest BCUT2D eigenvalue weighted by Gasteiger charge is 1.99. The molecule has 2 amide bonds. The predicted octanol–water partition coefficient (Wildman–Crippen LogP) is 1.06. The average molecular weight is 176 g/mol. The van der Waals surface area contributed by atoms with E-state index >= 15 is 0 Å². The van der Waals surface area contributed by atoms with E-state index in [-0.39, 0.29) is 6.03 Å². The number of carbonyl (C=O) groups is 1. The van der Waals surface area contributed by atoms with Crippen LogP contribution in [0, 0.1) is 0 Å². The fraction of sp³-hybridized carbons (Fsp3) is 0.857. The van der Waals surface area contributed by atoms with Crippen molar-refractivity contribution in [3.05, 3.63) is 0 Å². The molecule has 1 unspecified atom stereocenters. The molecule has 0 aromatic rings. The highest BCUT2D eigenvalue weighted by atomic mass is 32.2. The molecule has 66 valence electrons. The van der Waals surface area contributed by atoms with E-state index < -0.39 is 0 Å². The minimum absolute atomic E-state index is 0.0988. The van der Waals surface area contributed by atoms with Gasteiger partial charge in [-0.2, -0.15) is 11.8 Å². The zero-order valence-corrected chi connectivity index (χ0v) is 8.12. The summed E-state index contributed by atoms with van der Waals surface area (Å²) in [6, 6.07) is -0.0988. The van der Waals surface area contributed by atoms with E-state index in [1.165, 1.54) is 0 Å². The molecule has 0 aliphatic carbocycles. The first-order valence-electron chi connectivity index (χ1n) is 3.69. The second kappa shape index (κ2) is 6.34. The van der Waals surface area contributed by atoms with Crippen LogP contribution in [0.4, 0.5) is 4.79 Å². The van der Waals surface area contributed by atoms with Gasteiger partial charge in [0.2, 0.25) is 0 Å². The number of amides is 2. The number of hydrogen-bond donors (Lipinski definition) is 2. The molecule has 11 heavy (non-hydrogen) atoms. The normalized spacial score (nSPS) is 12.3. The number of hydrogen-bond acceptors (Lipinski definition) is 2. The highest BCUT2D eigenvalue weighted by molar-refractivity contribution is 7.99. The van der Waals surface area contributed by atoms with E-state index in [2.05, 4.69) is 23.8 Å². The molecule has 3 nitrogen and oxygen atoms in total. The molecule has 0 heterocycles. The Morgan fingerprint density at radius 1 is 1.64 bits per heavy atom. The first-order valence-corrected chi connectivity index (χ1v) is 4.98. The topological polar surface area (TPSA) is 41.1 Å². The molecule has 0 aromatic carbocycles. The van der Waals surface area contributed by atoms with Crippen LogP contribution in [-0.4, -0.2) is 31.1 Å². The van der Waals surface area contributed by atoms with Crippen LogP contribution in [-0.2, 0) is 0 Å². The zero-order valence-electron chi connectivity index (χ0n) is 7.31. The fourth-order valence-corrected chi connectivity index (χ4v) is 0.949. The van der Waals surface area contributed by atoms with E-state index in [9.17, 15) is 4.79 Å². The van der Waals surface area contributed by atoms with Crippen molar-refractivity contribution in [3.8, 4) is 0 Å². The van der Waals surface area contributed by atoms with Crippen LogP contribution in [0.3, 0.4) is 0 Å². The Bertz CT molecular complexity index is 119. The van der Waals surface area contributed by atoms with Crippen LogP contribution in [0.5, 0.6) is 0 Å². The van der Waals surface area contributed by atoms with Gasteiger partial charge in [0.1, 0.15) is 0 Å². The van der Waals surface area contributed by atoms with Crippen molar-refractivity contribution in [1.82, 2.24) is 10.6 Å². The Balaban J connectivity index is 3.20. The molecule has 0 radical (unpaired) electrons. The van der Waals surface area contributed by atoms with Crippen molar-refractivity contribution in [2.45, 2.75) is 18.6 Å². The third-order valence-corrected chi connectivity index (χ3v) is 2.51. The lowest BCUT2D eigenvalue weighted by molar-refractivity contribution is 0.243. The monoisotopic (exact) mass is 176 g/mol. The SMILES string of the molecule is CNC(=O)NCCC(C)SC. The summed E-state index contributed by atoms with van der Waals surface area (Å²) in [5, 5.41) is 5.85. The van der Waals surface area contributed by atoms with E-state index in [0.717, 1.165) is 13.0 Å².